The highest BCUT2D eigenvalue weighted by atomic mass is 32.1. The Morgan fingerprint density at radius 1 is 1.43 bits per heavy atom. The summed E-state index contributed by atoms with van der Waals surface area (Å²) in [7, 11) is 4.29. The molecule has 0 aliphatic carbocycles. The lowest BCUT2D eigenvalue weighted by Crippen LogP contribution is -2.35. The van der Waals surface area contributed by atoms with E-state index in [2.05, 4.69) is 23.9 Å². The number of piperidine rings is 1. The number of hydrogen-bond acceptors (Lipinski definition) is 3. The lowest BCUT2D eigenvalue weighted by molar-refractivity contribution is 0.173. The second-order valence-corrected chi connectivity index (χ2v) is 6.56. The van der Waals surface area contributed by atoms with Gasteiger partial charge in [0.05, 0.1) is 0 Å². The van der Waals surface area contributed by atoms with Gasteiger partial charge in [-0.15, -0.1) is 0 Å². The molecule has 1 saturated heterocycles. The molecule has 2 N–H and O–H groups in total. The van der Waals surface area contributed by atoms with Gasteiger partial charge < -0.3 is 15.5 Å². The summed E-state index contributed by atoms with van der Waals surface area (Å²) in [5.74, 6) is 0.408. The molecule has 1 aliphatic rings. The van der Waals surface area contributed by atoms with Crippen LogP contribution in [-0.4, -0.2) is 48.5 Å². The fourth-order valence-electron chi connectivity index (χ4n) is 2.92. The van der Waals surface area contributed by atoms with Crippen LogP contribution in [0.1, 0.15) is 24.0 Å². The predicted octanol–water partition coefficient (Wildman–Crippen LogP) is 2.23. The van der Waals surface area contributed by atoms with Gasteiger partial charge in [0.2, 0.25) is 0 Å². The van der Waals surface area contributed by atoms with E-state index < -0.39 is 0 Å². The van der Waals surface area contributed by atoms with E-state index in [1.807, 2.05) is 6.07 Å². The molecular weight excluding hydrogens is 285 g/mol. The van der Waals surface area contributed by atoms with E-state index in [1.54, 1.807) is 6.07 Å². The summed E-state index contributed by atoms with van der Waals surface area (Å²) < 4.78 is 13.6. The highest BCUT2D eigenvalue weighted by Crippen LogP contribution is 2.18. The summed E-state index contributed by atoms with van der Waals surface area (Å²) in [6.07, 6.45) is 2.50. The minimum absolute atomic E-state index is 0.118. The van der Waals surface area contributed by atoms with Crippen LogP contribution in [-0.2, 0) is 6.54 Å². The van der Waals surface area contributed by atoms with Crippen molar-refractivity contribution in [1.82, 2.24) is 9.80 Å². The van der Waals surface area contributed by atoms with E-state index in [4.69, 9.17) is 18.0 Å². The number of hydrogen-bond donors (Lipinski definition) is 1. The standard InChI is InChI=1S/C16H24FN3S/c1-19-7-5-12(6-8-19)10-20(2)11-13-3-4-15(17)14(9-13)16(18)21/h3-4,9,12H,5-8,10-11H2,1-2H3,(H2,18,21). The molecule has 0 amide bonds. The third kappa shape index (κ3) is 4.73. The van der Waals surface area contributed by atoms with E-state index in [1.165, 1.54) is 32.0 Å². The van der Waals surface area contributed by atoms with Gasteiger partial charge in [0.1, 0.15) is 10.8 Å². The van der Waals surface area contributed by atoms with Crippen molar-refractivity contribution in [3.63, 3.8) is 0 Å². The van der Waals surface area contributed by atoms with Gasteiger partial charge in [-0.1, -0.05) is 18.3 Å². The quantitative estimate of drug-likeness (QED) is 0.846. The number of halogens is 1. The molecule has 0 atom stereocenters. The number of likely N-dealkylation sites (tertiary alicyclic amines) is 1. The van der Waals surface area contributed by atoms with Crippen LogP contribution in [0.5, 0.6) is 0 Å². The molecule has 0 aromatic heterocycles. The van der Waals surface area contributed by atoms with Crippen LogP contribution in [0.4, 0.5) is 4.39 Å². The Balaban J connectivity index is 1.92. The first-order valence-electron chi connectivity index (χ1n) is 7.41. The van der Waals surface area contributed by atoms with Gasteiger partial charge >= 0.3 is 0 Å². The van der Waals surface area contributed by atoms with Crippen LogP contribution in [0.2, 0.25) is 0 Å². The molecular formula is C16H24FN3S. The monoisotopic (exact) mass is 309 g/mol. The van der Waals surface area contributed by atoms with Gasteiger partial charge in [0.25, 0.3) is 0 Å². The van der Waals surface area contributed by atoms with Crippen molar-refractivity contribution >= 4 is 17.2 Å². The summed E-state index contributed by atoms with van der Waals surface area (Å²) in [6.45, 7) is 4.23. The van der Waals surface area contributed by atoms with Gasteiger partial charge in [0.15, 0.2) is 0 Å². The fourth-order valence-corrected chi connectivity index (χ4v) is 3.08. The van der Waals surface area contributed by atoms with E-state index >= 15 is 0 Å². The van der Waals surface area contributed by atoms with Gasteiger partial charge in [-0.3, -0.25) is 0 Å². The Labute approximate surface area is 131 Å². The van der Waals surface area contributed by atoms with Crippen molar-refractivity contribution in [1.29, 1.82) is 0 Å². The smallest absolute Gasteiger partial charge is 0.133 e. The van der Waals surface area contributed by atoms with Crippen LogP contribution in [0.15, 0.2) is 18.2 Å². The van der Waals surface area contributed by atoms with E-state index in [-0.39, 0.29) is 10.8 Å². The average molecular weight is 309 g/mol. The van der Waals surface area contributed by atoms with Crippen molar-refractivity contribution < 1.29 is 4.39 Å². The molecule has 5 heteroatoms. The molecule has 3 nitrogen and oxygen atoms in total. The van der Waals surface area contributed by atoms with Gasteiger partial charge in [-0.25, -0.2) is 4.39 Å². The molecule has 1 aromatic rings. The summed E-state index contributed by atoms with van der Waals surface area (Å²) >= 11 is 4.88. The molecule has 0 unspecified atom stereocenters. The number of thiocarbonyl (C=S) groups is 1. The van der Waals surface area contributed by atoms with Crippen molar-refractivity contribution in [2.45, 2.75) is 19.4 Å². The van der Waals surface area contributed by atoms with Crippen molar-refractivity contribution in [3.8, 4) is 0 Å². The predicted molar refractivity (Wildman–Crippen MR) is 88.8 cm³/mol. The SMILES string of the molecule is CN1CCC(CN(C)Cc2ccc(F)c(C(N)=S)c2)CC1. The highest BCUT2D eigenvalue weighted by Gasteiger charge is 2.18. The minimum atomic E-state index is -0.343. The summed E-state index contributed by atoms with van der Waals surface area (Å²) in [6, 6.07) is 5.03. The summed E-state index contributed by atoms with van der Waals surface area (Å²) in [4.78, 5) is 4.80. The molecule has 1 fully saturated rings. The zero-order chi connectivity index (χ0) is 15.4. The van der Waals surface area contributed by atoms with E-state index in [9.17, 15) is 4.39 Å². The molecule has 0 radical (unpaired) electrons. The lowest BCUT2D eigenvalue weighted by Gasteiger charge is -2.31. The van der Waals surface area contributed by atoms with Crippen molar-refractivity contribution in [3.05, 3.63) is 35.1 Å². The van der Waals surface area contributed by atoms with Crippen molar-refractivity contribution in [2.75, 3.05) is 33.7 Å². The number of benzene rings is 1. The summed E-state index contributed by atoms with van der Waals surface area (Å²) in [5.41, 5.74) is 6.94. The second kappa shape index (κ2) is 7.29. The average Bonchev–Trinajstić information content (AvgIpc) is 2.43. The molecule has 1 heterocycles. The fraction of sp³-hybridized carbons (Fsp3) is 0.562. The van der Waals surface area contributed by atoms with Crippen LogP contribution in [0.3, 0.4) is 0 Å². The lowest BCUT2D eigenvalue weighted by atomic mass is 9.96. The molecule has 0 bridgehead atoms. The maximum atomic E-state index is 13.6. The minimum Gasteiger partial charge on any atom is -0.389 e. The molecule has 1 aliphatic heterocycles. The Bertz CT molecular complexity index is 498. The molecule has 2 rings (SSSR count). The first kappa shape index (κ1) is 16.3. The third-order valence-electron chi connectivity index (χ3n) is 4.16. The second-order valence-electron chi connectivity index (χ2n) is 6.12. The maximum Gasteiger partial charge on any atom is 0.133 e. The maximum absolute atomic E-state index is 13.6. The Morgan fingerprint density at radius 2 is 2.10 bits per heavy atom. The molecule has 116 valence electrons. The number of rotatable bonds is 5. The molecule has 1 aromatic carbocycles. The zero-order valence-electron chi connectivity index (χ0n) is 12.8. The normalized spacial score (nSPS) is 17.3. The Kier molecular flexibility index (Phi) is 5.67. The molecule has 0 spiro atoms. The van der Waals surface area contributed by atoms with Gasteiger partial charge in [-0.2, -0.15) is 0 Å². The summed E-state index contributed by atoms with van der Waals surface area (Å²) in [5, 5.41) is 0. The largest absolute Gasteiger partial charge is 0.389 e. The van der Waals surface area contributed by atoms with Crippen LogP contribution < -0.4 is 5.73 Å². The number of nitrogens with zero attached hydrogens (tertiary/aromatic N) is 2. The first-order chi connectivity index (χ1) is 9.95. The number of nitrogens with two attached hydrogens (primary N) is 1. The van der Waals surface area contributed by atoms with Crippen molar-refractivity contribution in [2.24, 2.45) is 11.7 Å². The zero-order valence-corrected chi connectivity index (χ0v) is 13.6. The molecule has 21 heavy (non-hydrogen) atoms. The third-order valence-corrected chi connectivity index (χ3v) is 4.38. The van der Waals surface area contributed by atoms with Gasteiger partial charge in [-0.05, 0) is 63.6 Å². The molecule has 0 saturated carbocycles. The Hall–Kier alpha value is -1.04. The first-order valence-corrected chi connectivity index (χ1v) is 7.82. The van der Waals surface area contributed by atoms with Gasteiger partial charge in [0, 0.05) is 18.7 Å². The van der Waals surface area contributed by atoms with E-state index in [0.29, 0.717) is 5.56 Å². The highest BCUT2D eigenvalue weighted by molar-refractivity contribution is 7.80. The Morgan fingerprint density at radius 3 is 2.71 bits per heavy atom. The topological polar surface area (TPSA) is 32.5 Å². The van der Waals surface area contributed by atoms with Crippen LogP contribution >= 0.6 is 12.2 Å². The van der Waals surface area contributed by atoms with Crippen LogP contribution in [0.25, 0.3) is 0 Å². The van der Waals surface area contributed by atoms with Crippen LogP contribution in [0, 0.1) is 11.7 Å². The van der Waals surface area contributed by atoms with E-state index in [0.717, 1.165) is 24.6 Å².